The van der Waals surface area contributed by atoms with Gasteiger partial charge in [-0.3, -0.25) is 0 Å². The molecule has 0 aliphatic carbocycles. The fourth-order valence-corrected chi connectivity index (χ4v) is 2.77. The monoisotopic (exact) mass is 331 g/mol. The van der Waals surface area contributed by atoms with E-state index in [1.54, 1.807) is 6.07 Å². The summed E-state index contributed by atoms with van der Waals surface area (Å²) in [6.07, 6.45) is 1.04. The van der Waals surface area contributed by atoms with Crippen LogP contribution in [-0.4, -0.2) is 25.4 Å². The third-order valence-corrected chi connectivity index (χ3v) is 3.88. The molecule has 0 aromatic heterocycles. The van der Waals surface area contributed by atoms with E-state index in [1.165, 1.54) is 0 Å². The van der Waals surface area contributed by atoms with Crippen LogP contribution >= 0.6 is 23.2 Å². The van der Waals surface area contributed by atoms with E-state index in [1.807, 2.05) is 6.07 Å². The predicted octanol–water partition coefficient (Wildman–Crippen LogP) is 4.30. The zero-order valence-electron chi connectivity index (χ0n) is 12.8. The minimum atomic E-state index is 0.0192. The van der Waals surface area contributed by atoms with Crippen LogP contribution in [0.25, 0.3) is 0 Å². The van der Waals surface area contributed by atoms with Crippen molar-refractivity contribution in [1.29, 1.82) is 0 Å². The molecule has 2 rings (SSSR count). The summed E-state index contributed by atoms with van der Waals surface area (Å²) < 4.78 is 11.3. The van der Waals surface area contributed by atoms with Crippen molar-refractivity contribution in [2.75, 3.05) is 19.8 Å². The van der Waals surface area contributed by atoms with Gasteiger partial charge in [-0.15, -0.1) is 0 Å². The Balaban J connectivity index is 2.09. The van der Waals surface area contributed by atoms with Gasteiger partial charge in [-0.1, -0.05) is 23.2 Å². The molecule has 1 aromatic rings. The fourth-order valence-electron chi connectivity index (χ4n) is 2.18. The van der Waals surface area contributed by atoms with Crippen molar-refractivity contribution < 1.29 is 9.47 Å². The quantitative estimate of drug-likeness (QED) is 0.872. The summed E-state index contributed by atoms with van der Waals surface area (Å²) in [7, 11) is 0. The number of rotatable bonds is 5. The SMILES string of the molecule is CC(C)(C)NCc1cc(Cl)cc(Cl)c1OCC1CCOC1. The Morgan fingerprint density at radius 1 is 1.33 bits per heavy atom. The molecule has 0 saturated carbocycles. The van der Waals surface area contributed by atoms with Crippen molar-refractivity contribution in [2.24, 2.45) is 5.92 Å². The lowest BCUT2D eigenvalue weighted by Crippen LogP contribution is -2.35. The van der Waals surface area contributed by atoms with Gasteiger partial charge in [0.15, 0.2) is 0 Å². The molecule has 1 aliphatic heterocycles. The molecule has 21 heavy (non-hydrogen) atoms. The normalized spacial score (nSPS) is 19.0. The van der Waals surface area contributed by atoms with E-state index < -0.39 is 0 Å². The van der Waals surface area contributed by atoms with Gasteiger partial charge in [-0.25, -0.2) is 0 Å². The van der Waals surface area contributed by atoms with Crippen molar-refractivity contribution >= 4 is 23.2 Å². The largest absolute Gasteiger partial charge is 0.491 e. The first kappa shape index (κ1) is 16.9. The molecule has 0 radical (unpaired) electrons. The number of nitrogens with one attached hydrogen (secondary N) is 1. The minimum absolute atomic E-state index is 0.0192. The molecule has 1 unspecified atom stereocenters. The van der Waals surface area contributed by atoms with Crippen LogP contribution in [0.5, 0.6) is 5.75 Å². The molecule has 1 N–H and O–H groups in total. The van der Waals surface area contributed by atoms with Gasteiger partial charge >= 0.3 is 0 Å². The molecule has 1 aromatic carbocycles. The van der Waals surface area contributed by atoms with Gasteiger partial charge in [0.05, 0.1) is 18.2 Å². The molecule has 0 bridgehead atoms. The number of hydrogen-bond donors (Lipinski definition) is 1. The van der Waals surface area contributed by atoms with Crippen molar-refractivity contribution in [3.8, 4) is 5.75 Å². The summed E-state index contributed by atoms with van der Waals surface area (Å²) in [5.74, 6) is 1.17. The van der Waals surface area contributed by atoms with Gasteiger partial charge in [0.25, 0.3) is 0 Å². The second kappa shape index (κ2) is 7.19. The lowest BCUT2D eigenvalue weighted by Gasteiger charge is -2.22. The molecule has 0 spiro atoms. The van der Waals surface area contributed by atoms with E-state index in [0.29, 0.717) is 29.1 Å². The first-order chi connectivity index (χ1) is 9.85. The van der Waals surface area contributed by atoms with Crippen molar-refractivity contribution in [2.45, 2.75) is 39.3 Å². The van der Waals surface area contributed by atoms with Gasteiger partial charge in [-0.2, -0.15) is 0 Å². The first-order valence-corrected chi connectivity index (χ1v) is 8.04. The Kier molecular flexibility index (Phi) is 5.78. The van der Waals surface area contributed by atoms with Crippen molar-refractivity contribution in [3.05, 3.63) is 27.7 Å². The summed E-state index contributed by atoms with van der Waals surface area (Å²) in [6, 6.07) is 3.64. The zero-order valence-corrected chi connectivity index (χ0v) is 14.4. The molecular formula is C16H23Cl2NO2. The third kappa shape index (κ3) is 5.33. The van der Waals surface area contributed by atoms with Crippen LogP contribution in [0.3, 0.4) is 0 Å². The van der Waals surface area contributed by atoms with E-state index in [2.05, 4.69) is 26.1 Å². The first-order valence-electron chi connectivity index (χ1n) is 7.28. The van der Waals surface area contributed by atoms with E-state index in [9.17, 15) is 0 Å². The maximum absolute atomic E-state index is 6.30. The Morgan fingerprint density at radius 3 is 2.71 bits per heavy atom. The molecule has 1 heterocycles. The second-order valence-corrected chi connectivity index (χ2v) is 7.36. The molecule has 1 fully saturated rings. The minimum Gasteiger partial charge on any atom is -0.491 e. The van der Waals surface area contributed by atoms with E-state index in [4.69, 9.17) is 32.7 Å². The molecule has 0 amide bonds. The van der Waals surface area contributed by atoms with Crippen LogP contribution in [-0.2, 0) is 11.3 Å². The Hall–Kier alpha value is -0.480. The van der Waals surface area contributed by atoms with E-state index in [0.717, 1.165) is 30.9 Å². The number of ether oxygens (including phenoxy) is 2. The summed E-state index contributed by atoms with van der Waals surface area (Å²) in [6.45, 7) is 9.24. The van der Waals surface area contributed by atoms with Gasteiger partial charge in [0, 0.05) is 35.2 Å². The van der Waals surface area contributed by atoms with Crippen LogP contribution in [0.4, 0.5) is 0 Å². The topological polar surface area (TPSA) is 30.5 Å². The van der Waals surface area contributed by atoms with Gasteiger partial charge in [-0.05, 0) is 39.3 Å². The average molecular weight is 332 g/mol. The van der Waals surface area contributed by atoms with E-state index >= 15 is 0 Å². The smallest absolute Gasteiger partial charge is 0.142 e. The molecule has 118 valence electrons. The van der Waals surface area contributed by atoms with E-state index in [-0.39, 0.29) is 5.54 Å². The summed E-state index contributed by atoms with van der Waals surface area (Å²) >= 11 is 12.4. The average Bonchev–Trinajstić information content (AvgIpc) is 2.87. The number of halogens is 2. The Bertz CT molecular complexity index is 480. The number of hydrogen-bond acceptors (Lipinski definition) is 3. The van der Waals surface area contributed by atoms with Gasteiger partial charge in [0.1, 0.15) is 5.75 Å². The predicted molar refractivity (Wildman–Crippen MR) is 87.5 cm³/mol. The standard InChI is InChI=1S/C16H23Cl2NO2/c1-16(2,3)19-8-12-6-13(17)7-14(18)15(12)21-10-11-4-5-20-9-11/h6-7,11,19H,4-5,8-10H2,1-3H3. The van der Waals surface area contributed by atoms with Gasteiger partial charge in [0.2, 0.25) is 0 Å². The highest BCUT2D eigenvalue weighted by molar-refractivity contribution is 6.35. The van der Waals surface area contributed by atoms with Crippen LogP contribution < -0.4 is 10.1 Å². The second-order valence-electron chi connectivity index (χ2n) is 6.52. The van der Waals surface area contributed by atoms with Crippen LogP contribution in [0.15, 0.2) is 12.1 Å². The molecule has 1 aliphatic rings. The summed E-state index contributed by atoms with van der Waals surface area (Å²) in [4.78, 5) is 0. The third-order valence-electron chi connectivity index (χ3n) is 3.38. The maximum atomic E-state index is 6.30. The summed E-state index contributed by atoms with van der Waals surface area (Å²) in [5, 5.41) is 4.63. The zero-order chi connectivity index (χ0) is 15.5. The molecule has 5 heteroatoms. The van der Waals surface area contributed by atoms with Crippen LogP contribution in [0.1, 0.15) is 32.8 Å². The molecule has 3 nitrogen and oxygen atoms in total. The lowest BCUT2D eigenvalue weighted by atomic mass is 10.1. The van der Waals surface area contributed by atoms with Crippen molar-refractivity contribution in [3.63, 3.8) is 0 Å². The van der Waals surface area contributed by atoms with Crippen LogP contribution in [0, 0.1) is 5.92 Å². The summed E-state index contributed by atoms with van der Waals surface area (Å²) in [5.41, 5.74) is 1.01. The lowest BCUT2D eigenvalue weighted by molar-refractivity contribution is 0.166. The highest BCUT2D eigenvalue weighted by Crippen LogP contribution is 2.33. The molecule has 1 atom stereocenters. The Labute approximate surface area is 136 Å². The van der Waals surface area contributed by atoms with Crippen molar-refractivity contribution in [1.82, 2.24) is 5.32 Å². The maximum Gasteiger partial charge on any atom is 0.142 e. The van der Waals surface area contributed by atoms with Gasteiger partial charge < -0.3 is 14.8 Å². The molecular weight excluding hydrogens is 309 g/mol. The fraction of sp³-hybridized carbons (Fsp3) is 0.625. The highest BCUT2D eigenvalue weighted by Gasteiger charge is 2.19. The highest BCUT2D eigenvalue weighted by atomic mass is 35.5. The number of benzene rings is 1. The van der Waals surface area contributed by atoms with Crippen LogP contribution in [0.2, 0.25) is 10.0 Å². The molecule has 1 saturated heterocycles. The Morgan fingerprint density at radius 2 is 2.10 bits per heavy atom.